The van der Waals surface area contributed by atoms with Crippen molar-refractivity contribution in [2.45, 2.75) is 302 Å². The number of ether oxygens (including phenoxy) is 5. The molecule has 6 atom stereocenters. The lowest BCUT2D eigenvalue weighted by molar-refractivity contribution is -0.301. The second kappa shape index (κ2) is 52.8. The second-order valence-electron chi connectivity index (χ2n) is 21.0. The number of carbonyl (C=O) groups excluding carboxylic acids is 3. The van der Waals surface area contributed by atoms with Gasteiger partial charge in [-0.1, -0.05) is 241 Å². The van der Waals surface area contributed by atoms with E-state index in [1.54, 1.807) is 0 Å². The molecule has 0 aliphatic carbocycles. The third kappa shape index (κ3) is 42.7. The first kappa shape index (κ1) is 71.2. The van der Waals surface area contributed by atoms with Gasteiger partial charge in [0.15, 0.2) is 24.6 Å². The third-order valence-electron chi connectivity index (χ3n) is 13.8. The van der Waals surface area contributed by atoms with Crippen molar-refractivity contribution in [3.05, 3.63) is 72.9 Å². The minimum absolute atomic E-state index is 0.0562. The van der Waals surface area contributed by atoms with Crippen LogP contribution in [0.4, 0.5) is 0 Å². The molecule has 0 spiro atoms. The fraction of sp³-hybridized carbons (Fsp3) is 0.754. The number of rotatable bonds is 52. The number of aliphatic hydroxyl groups is 2. The molecule has 0 aromatic heterocycles. The van der Waals surface area contributed by atoms with Gasteiger partial charge in [-0.15, -0.1) is 0 Å². The molecule has 0 saturated carbocycles. The van der Waals surface area contributed by atoms with Crippen molar-refractivity contribution in [2.75, 3.05) is 13.2 Å². The van der Waals surface area contributed by atoms with Crippen LogP contribution in [0.25, 0.3) is 0 Å². The number of carboxylic acids is 1. The SMILES string of the molecule is CC/C=C\C/C=C\C/C=C\C/C=C\C/C=C\CCCC(=O)OCC(COC1OC(C(=O)O)C(O)C(O)C1OC(=O)CCCCCCCCCCCCCCCCCCCCC)OC(=O)CCCCCCC/C=C\CCCC. The molecule has 1 fully saturated rings. The van der Waals surface area contributed by atoms with E-state index in [-0.39, 0.29) is 25.9 Å². The van der Waals surface area contributed by atoms with Crippen LogP contribution in [0.15, 0.2) is 72.9 Å². The zero-order chi connectivity index (χ0) is 56.1. The van der Waals surface area contributed by atoms with Gasteiger partial charge < -0.3 is 39.0 Å². The Labute approximate surface area is 468 Å². The van der Waals surface area contributed by atoms with Crippen molar-refractivity contribution in [3.8, 4) is 0 Å². The summed E-state index contributed by atoms with van der Waals surface area (Å²) in [5.74, 6) is -3.20. The van der Waals surface area contributed by atoms with E-state index in [1.807, 2.05) is 6.08 Å². The summed E-state index contributed by atoms with van der Waals surface area (Å²) in [6.45, 7) is 5.80. The molecule has 1 aliphatic rings. The van der Waals surface area contributed by atoms with Crippen LogP contribution in [0.2, 0.25) is 0 Å². The number of aliphatic carboxylic acids is 1. The van der Waals surface area contributed by atoms with Gasteiger partial charge in [-0.05, 0) is 77.0 Å². The van der Waals surface area contributed by atoms with Gasteiger partial charge in [0.2, 0.25) is 0 Å². The van der Waals surface area contributed by atoms with E-state index in [4.69, 9.17) is 23.7 Å². The fourth-order valence-electron chi connectivity index (χ4n) is 9.03. The van der Waals surface area contributed by atoms with Crippen molar-refractivity contribution in [1.29, 1.82) is 0 Å². The maximum atomic E-state index is 13.1. The van der Waals surface area contributed by atoms with Crippen LogP contribution in [0.5, 0.6) is 0 Å². The Morgan fingerprint density at radius 1 is 0.442 bits per heavy atom. The first-order chi connectivity index (χ1) is 37.6. The molecule has 0 amide bonds. The maximum absolute atomic E-state index is 13.1. The Bertz CT molecular complexity index is 1620. The molecule has 3 N–H and O–H groups in total. The molecule has 12 nitrogen and oxygen atoms in total. The smallest absolute Gasteiger partial charge is 0.335 e. The van der Waals surface area contributed by atoms with Gasteiger partial charge in [0, 0.05) is 19.3 Å². The quantitative estimate of drug-likeness (QED) is 0.0228. The number of hydrogen-bond acceptors (Lipinski definition) is 11. The summed E-state index contributed by atoms with van der Waals surface area (Å²) < 4.78 is 28.4. The molecular formula is C65H110O12. The Morgan fingerprint density at radius 2 is 0.844 bits per heavy atom. The summed E-state index contributed by atoms with van der Waals surface area (Å²) in [6, 6.07) is 0. The van der Waals surface area contributed by atoms with Crippen molar-refractivity contribution in [2.24, 2.45) is 0 Å². The molecule has 0 bridgehead atoms. The Hall–Kier alpha value is -3.84. The fourth-order valence-corrected chi connectivity index (χ4v) is 9.03. The summed E-state index contributed by atoms with van der Waals surface area (Å²) in [5.41, 5.74) is 0. The highest BCUT2D eigenvalue weighted by Gasteiger charge is 2.50. The highest BCUT2D eigenvalue weighted by atomic mass is 16.7. The molecule has 0 aromatic rings. The number of esters is 3. The number of allylic oxidation sites excluding steroid dienone is 12. The molecule has 1 aliphatic heterocycles. The van der Waals surface area contributed by atoms with Crippen LogP contribution in [-0.2, 0) is 42.9 Å². The van der Waals surface area contributed by atoms with E-state index < -0.39 is 67.3 Å². The van der Waals surface area contributed by atoms with Crippen LogP contribution in [0.3, 0.4) is 0 Å². The van der Waals surface area contributed by atoms with E-state index >= 15 is 0 Å². The first-order valence-electron chi connectivity index (χ1n) is 30.9. The second-order valence-corrected chi connectivity index (χ2v) is 21.0. The molecule has 12 heteroatoms. The first-order valence-corrected chi connectivity index (χ1v) is 30.9. The summed E-state index contributed by atoms with van der Waals surface area (Å²) in [7, 11) is 0. The minimum atomic E-state index is -1.91. The number of carboxylic acid groups (broad SMARTS) is 1. The lowest BCUT2D eigenvalue weighted by Gasteiger charge is -2.40. The standard InChI is InChI=1S/C65H110O12/c1-4-7-10-13-16-19-22-24-26-28-29-31-33-35-38-41-44-47-50-53-59(68)76-63-61(70)60(69)62(64(71)72)77-65(63)74-55-56(75-58(67)52-49-46-43-40-36-21-18-15-12-9-6-3)54-73-57(66)51-48-45-42-39-37-34-32-30-27-25-23-20-17-14-11-8-5-2/h8,11,15,17-18,20,25,27,32,34,39,42,56,60-63,65,69-70H,4-7,9-10,12-14,16,19,21-24,26,28-31,33,35-38,40-41,43-55H2,1-3H3,(H,71,72)/b11-8-,18-15-,20-17-,27-25-,34-32-,42-39-. The maximum Gasteiger partial charge on any atom is 0.335 e. The number of hydrogen-bond donors (Lipinski definition) is 3. The molecule has 0 radical (unpaired) electrons. The average molecular weight is 1080 g/mol. The third-order valence-corrected chi connectivity index (χ3v) is 13.8. The predicted octanol–water partition coefficient (Wildman–Crippen LogP) is 16.1. The lowest BCUT2D eigenvalue weighted by Crippen LogP contribution is -2.61. The lowest BCUT2D eigenvalue weighted by atomic mass is 9.98. The largest absolute Gasteiger partial charge is 0.479 e. The highest BCUT2D eigenvalue weighted by Crippen LogP contribution is 2.26. The van der Waals surface area contributed by atoms with Crippen LogP contribution >= 0.6 is 0 Å². The van der Waals surface area contributed by atoms with Gasteiger partial charge in [0.05, 0.1) is 6.61 Å². The summed E-state index contributed by atoms with van der Waals surface area (Å²) >= 11 is 0. The molecule has 6 unspecified atom stereocenters. The van der Waals surface area contributed by atoms with Gasteiger partial charge in [0.1, 0.15) is 18.8 Å². The molecule has 1 rings (SSSR count). The molecule has 1 heterocycles. The van der Waals surface area contributed by atoms with E-state index in [0.29, 0.717) is 25.7 Å². The van der Waals surface area contributed by atoms with Crippen LogP contribution in [0, 0.1) is 0 Å². The van der Waals surface area contributed by atoms with E-state index in [2.05, 4.69) is 87.6 Å². The van der Waals surface area contributed by atoms with Crippen molar-refractivity contribution in [1.82, 2.24) is 0 Å². The van der Waals surface area contributed by atoms with Crippen molar-refractivity contribution in [3.63, 3.8) is 0 Å². The zero-order valence-electron chi connectivity index (χ0n) is 48.7. The molecule has 77 heavy (non-hydrogen) atoms. The van der Waals surface area contributed by atoms with E-state index in [9.17, 15) is 34.5 Å². The Kier molecular flexibility index (Phi) is 48.8. The van der Waals surface area contributed by atoms with Gasteiger partial charge in [0.25, 0.3) is 0 Å². The van der Waals surface area contributed by atoms with Gasteiger partial charge in [-0.25, -0.2) is 4.79 Å². The van der Waals surface area contributed by atoms with E-state index in [1.165, 1.54) is 103 Å². The van der Waals surface area contributed by atoms with Crippen LogP contribution < -0.4 is 0 Å². The van der Waals surface area contributed by atoms with Crippen molar-refractivity contribution < 1.29 is 58.2 Å². The van der Waals surface area contributed by atoms with Gasteiger partial charge in [-0.3, -0.25) is 14.4 Å². The molecular weight excluding hydrogens is 973 g/mol. The van der Waals surface area contributed by atoms with Gasteiger partial charge >= 0.3 is 23.9 Å². The molecule has 0 aromatic carbocycles. The minimum Gasteiger partial charge on any atom is -0.479 e. The Morgan fingerprint density at radius 3 is 1.34 bits per heavy atom. The summed E-state index contributed by atoms with van der Waals surface area (Å²) in [6.07, 6.45) is 54.6. The molecule has 1 saturated heterocycles. The number of aliphatic hydroxyl groups excluding tert-OH is 2. The van der Waals surface area contributed by atoms with Crippen LogP contribution in [-0.4, -0.2) is 89.2 Å². The predicted molar refractivity (Wildman–Crippen MR) is 312 cm³/mol. The zero-order valence-corrected chi connectivity index (χ0v) is 48.7. The number of carbonyl (C=O) groups is 4. The van der Waals surface area contributed by atoms with Crippen molar-refractivity contribution >= 4 is 23.9 Å². The summed E-state index contributed by atoms with van der Waals surface area (Å²) in [4.78, 5) is 51.1. The summed E-state index contributed by atoms with van der Waals surface area (Å²) in [5, 5.41) is 31.5. The Balaban J connectivity index is 2.66. The topological polar surface area (TPSA) is 175 Å². The normalized spacial score (nSPS) is 18.5. The highest BCUT2D eigenvalue weighted by molar-refractivity contribution is 5.74. The average Bonchev–Trinajstić information content (AvgIpc) is 3.41. The number of unbranched alkanes of at least 4 members (excludes halogenated alkanes) is 26. The molecule has 442 valence electrons. The monoisotopic (exact) mass is 1080 g/mol. The van der Waals surface area contributed by atoms with Gasteiger partial charge in [-0.2, -0.15) is 0 Å². The van der Waals surface area contributed by atoms with E-state index in [0.717, 1.165) is 96.3 Å². The van der Waals surface area contributed by atoms with Crippen LogP contribution in [0.1, 0.15) is 265 Å².